The van der Waals surface area contributed by atoms with Gasteiger partial charge in [0.25, 0.3) is 0 Å². The van der Waals surface area contributed by atoms with Gasteiger partial charge in [0.05, 0.1) is 18.4 Å². The lowest BCUT2D eigenvalue weighted by Gasteiger charge is -2.05. The van der Waals surface area contributed by atoms with Gasteiger partial charge in [-0.25, -0.2) is 0 Å². The van der Waals surface area contributed by atoms with Crippen LogP contribution in [0.5, 0.6) is 0 Å². The Hall–Kier alpha value is -1.33. The summed E-state index contributed by atoms with van der Waals surface area (Å²) in [5.74, 6) is 0.325. The molecule has 0 aliphatic heterocycles. The van der Waals surface area contributed by atoms with Crippen molar-refractivity contribution < 1.29 is 9.26 Å². The first kappa shape index (κ1) is 11.2. The Morgan fingerprint density at radius 2 is 2.31 bits per heavy atom. The van der Waals surface area contributed by atoms with Crippen LogP contribution in [0.4, 0.5) is 5.88 Å². The van der Waals surface area contributed by atoms with Crippen LogP contribution in [-0.2, 0) is 11.3 Å². The van der Waals surface area contributed by atoms with Gasteiger partial charge in [-0.15, -0.1) is 0 Å². The minimum atomic E-state index is 0.325. The highest BCUT2D eigenvalue weighted by atomic mass is 79.9. The number of methoxy groups -OCH3 is 1. The molecule has 0 bridgehead atoms. The molecule has 0 spiro atoms. The summed E-state index contributed by atoms with van der Waals surface area (Å²) in [4.78, 5) is 0. The zero-order chi connectivity index (χ0) is 11.5. The summed E-state index contributed by atoms with van der Waals surface area (Å²) >= 11 is 3.49. The van der Waals surface area contributed by atoms with E-state index in [-0.39, 0.29) is 0 Å². The van der Waals surface area contributed by atoms with Crippen molar-refractivity contribution in [2.75, 3.05) is 12.8 Å². The van der Waals surface area contributed by atoms with Crippen molar-refractivity contribution in [2.45, 2.75) is 6.61 Å². The summed E-state index contributed by atoms with van der Waals surface area (Å²) in [6.07, 6.45) is 1.60. The zero-order valence-electron chi connectivity index (χ0n) is 8.74. The van der Waals surface area contributed by atoms with E-state index in [9.17, 15) is 0 Å². The normalized spacial score (nSPS) is 10.6. The largest absolute Gasteiger partial charge is 0.380 e. The molecule has 0 saturated heterocycles. The molecule has 4 nitrogen and oxygen atoms in total. The first-order valence-electron chi connectivity index (χ1n) is 4.70. The van der Waals surface area contributed by atoms with E-state index in [0.717, 1.165) is 21.2 Å². The number of ether oxygens (including phenoxy) is 1. The molecule has 5 heteroatoms. The summed E-state index contributed by atoms with van der Waals surface area (Å²) in [6, 6.07) is 5.91. The fraction of sp³-hybridized carbons (Fsp3) is 0.182. The number of halogens is 1. The van der Waals surface area contributed by atoms with Crippen LogP contribution in [0.25, 0.3) is 11.1 Å². The molecule has 0 radical (unpaired) electrons. The van der Waals surface area contributed by atoms with Gasteiger partial charge in [-0.05, 0) is 17.2 Å². The molecule has 0 atom stereocenters. The summed E-state index contributed by atoms with van der Waals surface area (Å²) < 4.78 is 10.9. The van der Waals surface area contributed by atoms with Gasteiger partial charge in [-0.3, -0.25) is 0 Å². The van der Waals surface area contributed by atoms with Crippen LogP contribution in [0.2, 0.25) is 0 Å². The number of nitrogen functional groups attached to an aromatic ring is 1. The van der Waals surface area contributed by atoms with E-state index < -0.39 is 0 Å². The zero-order valence-corrected chi connectivity index (χ0v) is 10.3. The van der Waals surface area contributed by atoms with E-state index in [4.69, 9.17) is 15.0 Å². The molecule has 2 rings (SSSR count). The predicted molar refractivity (Wildman–Crippen MR) is 64.8 cm³/mol. The Morgan fingerprint density at radius 3 is 2.88 bits per heavy atom. The maximum absolute atomic E-state index is 5.65. The van der Waals surface area contributed by atoms with Crippen molar-refractivity contribution in [2.24, 2.45) is 0 Å². The van der Waals surface area contributed by atoms with E-state index in [1.165, 1.54) is 0 Å². The molecule has 2 aromatic rings. The number of aromatic nitrogens is 1. The third kappa shape index (κ3) is 2.10. The van der Waals surface area contributed by atoms with E-state index in [2.05, 4.69) is 21.1 Å². The fourth-order valence-corrected chi connectivity index (χ4v) is 1.95. The van der Waals surface area contributed by atoms with Crippen molar-refractivity contribution >= 4 is 21.8 Å². The molecule has 1 heterocycles. The SMILES string of the molecule is COCc1ccc(-c2cnoc2N)cc1Br. The Morgan fingerprint density at radius 1 is 1.50 bits per heavy atom. The van der Waals surface area contributed by atoms with E-state index >= 15 is 0 Å². The molecule has 1 aromatic carbocycles. The lowest BCUT2D eigenvalue weighted by atomic mass is 10.1. The first-order valence-corrected chi connectivity index (χ1v) is 5.49. The van der Waals surface area contributed by atoms with Gasteiger partial charge in [0.1, 0.15) is 0 Å². The van der Waals surface area contributed by atoms with Gasteiger partial charge in [0.15, 0.2) is 0 Å². The van der Waals surface area contributed by atoms with Crippen LogP contribution >= 0.6 is 15.9 Å². The van der Waals surface area contributed by atoms with Crippen molar-refractivity contribution in [1.29, 1.82) is 0 Å². The average molecular weight is 283 g/mol. The van der Waals surface area contributed by atoms with Crippen LogP contribution in [0.1, 0.15) is 5.56 Å². The van der Waals surface area contributed by atoms with Gasteiger partial charge in [-0.1, -0.05) is 33.2 Å². The third-order valence-corrected chi connectivity index (χ3v) is 3.00. The number of hydrogen-bond acceptors (Lipinski definition) is 4. The molecule has 0 aliphatic carbocycles. The number of nitrogens with two attached hydrogens (primary N) is 1. The molecule has 0 saturated carbocycles. The second-order valence-corrected chi connectivity index (χ2v) is 4.20. The van der Waals surface area contributed by atoms with Gasteiger partial charge in [0.2, 0.25) is 5.88 Å². The van der Waals surface area contributed by atoms with Gasteiger partial charge < -0.3 is 15.0 Å². The Labute approximate surface area is 102 Å². The maximum Gasteiger partial charge on any atom is 0.229 e. The molecule has 1 aromatic heterocycles. The van der Waals surface area contributed by atoms with Gasteiger partial charge in [0, 0.05) is 11.6 Å². The highest BCUT2D eigenvalue weighted by molar-refractivity contribution is 9.10. The molecule has 16 heavy (non-hydrogen) atoms. The molecule has 0 fully saturated rings. The molecule has 0 unspecified atom stereocenters. The lowest BCUT2D eigenvalue weighted by Crippen LogP contribution is -1.90. The first-order chi connectivity index (χ1) is 7.72. The highest BCUT2D eigenvalue weighted by Crippen LogP contribution is 2.29. The number of hydrogen-bond donors (Lipinski definition) is 1. The van der Waals surface area contributed by atoms with Crippen molar-refractivity contribution in [3.05, 3.63) is 34.4 Å². The van der Waals surface area contributed by atoms with Crippen molar-refractivity contribution in [3.63, 3.8) is 0 Å². The minimum absolute atomic E-state index is 0.325. The van der Waals surface area contributed by atoms with Crippen molar-refractivity contribution in [3.8, 4) is 11.1 Å². The average Bonchev–Trinajstić information content (AvgIpc) is 2.68. The van der Waals surface area contributed by atoms with Gasteiger partial charge in [-0.2, -0.15) is 0 Å². The predicted octanol–water partition coefficient (Wildman–Crippen LogP) is 2.83. The van der Waals surface area contributed by atoms with Crippen LogP contribution in [0.3, 0.4) is 0 Å². The Bertz CT molecular complexity index is 496. The summed E-state index contributed by atoms with van der Waals surface area (Å²) in [5, 5.41) is 3.65. The topological polar surface area (TPSA) is 61.3 Å². The van der Waals surface area contributed by atoms with E-state index in [0.29, 0.717) is 12.5 Å². The highest BCUT2D eigenvalue weighted by Gasteiger charge is 2.08. The van der Waals surface area contributed by atoms with Crippen LogP contribution < -0.4 is 5.73 Å². The smallest absolute Gasteiger partial charge is 0.229 e. The van der Waals surface area contributed by atoms with E-state index in [1.54, 1.807) is 13.3 Å². The van der Waals surface area contributed by atoms with Crippen molar-refractivity contribution in [1.82, 2.24) is 5.16 Å². The van der Waals surface area contributed by atoms with Crippen LogP contribution in [0, 0.1) is 0 Å². The standard InChI is InChI=1S/C11H11BrN2O2/c1-15-6-8-3-2-7(4-10(8)12)9-5-14-16-11(9)13/h2-5H,6,13H2,1H3. The molecule has 84 valence electrons. The summed E-state index contributed by atoms with van der Waals surface area (Å²) in [6.45, 7) is 0.569. The second-order valence-electron chi connectivity index (χ2n) is 3.34. The van der Waals surface area contributed by atoms with Crippen LogP contribution in [0.15, 0.2) is 33.4 Å². The summed E-state index contributed by atoms with van der Waals surface area (Å²) in [7, 11) is 1.67. The molecular formula is C11H11BrN2O2. The third-order valence-electron chi connectivity index (χ3n) is 2.26. The van der Waals surface area contributed by atoms with Crippen LogP contribution in [-0.4, -0.2) is 12.3 Å². The quantitative estimate of drug-likeness (QED) is 0.940. The lowest BCUT2D eigenvalue weighted by molar-refractivity contribution is 0.184. The Balaban J connectivity index is 2.38. The minimum Gasteiger partial charge on any atom is -0.380 e. The molecule has 0 amide bonds. The molecule has 0 aliphatic rings. The second kappa shape index (κ2) is 4.67. The summed E-state index contributed by atoms with van der Waals surface area (Å²) in [5.41, 5.74) is 8.49. The number of nitrogens with zero attached hydrogens (tertiary/aromatic N) is 1. The number of benzene rings is 1. The maximum atomic E-state index is 5.65. The Kier molecular flexibility index (Phi) is 3.26. The monoisotopic (exact) mass is 282 g/mol. The van der Waals surface area contributed by atoms with E-state index in [1.807, 2.05) is 18.2 Å². The number of anilines is 1. The number of rotatable bonds is 3. The fourth-order valence-electron chi connectivity index (χ4n) is 1.45. The van der Waals surface area contributed by atoms with Gasteiger partial charge >= 0.3 is 0 Å². The molecular weight excluding hydrogens is 272 g/mol. The molecule has 2 N–H and O–H groups in total.